The molecule has 7 aromatic carbocycles. The minimum Gasteiger partial charge on any atom is -0.509 e. The Morgan fingerprint density at radius 1 is 0.593 bits per heavy atom. The number of para-hydroxylation sites is 3. The SMILES string of the molecule is CC(C)(C)c1cc(Oc2[c-]c3c(cc2)c2ccccc2n3-c2cc3oc4ccccc4c3cn2)[c-]c(N2[CH-]N(c3ccccc3)c3ccc(-c4ccccc4)cc32)c1.[Pt]. The number of fused-ring (bicyclic) bond motifs is 7. The van der Waals surface area contributed by atoms with E-state index >= 15 is 0 Å². The van der Waals surface area contributed by atoms with Crippen molar-refractivity contribution in [2.24, 2.45) is 0 Å². The summed E-state index contributed by atoms with van der Waals surface area (Å²) >= 11 is 0. The van der Waals surface area contributed by atoms with Crippen LogP contribution in [0.5, 0.6) is 11.5 Å². The van der Waals surface area contributed by atoms with E-state index in [4.69, 9.17) is 14.1 Å². The number of ether oxygens (including phenoxy) is 1. The Morgan fingerprint density at radius 3 is 2.15 bits per heavy atom. The Kier molecular flexibility index (Phi) is 8.92. The van der Waals surface area contributed by atoms with Gasteiger partial charge in [-0.1, -0.05) is 117 Å². The molecule has 6 nitrogen and oxygen atoms in total. The predicted octanol–water partition coefficient (Wildman–Crippen LogP) is 13.8. The first-order valence-electron chi connectivity index (χ1n) is 19.5. The Morgan fingerprint density at radius 2 is 1.34 bits per heavy atom. The molecule has 10 aromatic rings. The number of nitrogens with zero attached hydrogens (tertiary/aromatic N) is 4. The molecule has 0 spiro atoms. The molecule has 0 saturated heterocycles. The molecule has 1 aliphatic rings. The van der Waals surface area contributed by atoms with E-state index in [1.807, 2.05) is 42.6 Å². The van der Waals surface area contributed by atoms with Crippen molar-refractivity contribution in [3.05, 3.63) is 188 Å². The van der Waals surface area contributed by atoms with E-state index in [0.717, 1.165) is 89.0 Å². The Balaban J connectivity index is 0.00000420. The van der Waals surface area contributed by atoms with Crippen molar-refractivity contribution in [3.63, 3.8) is 0 Å². The Hall–Kier alpha value is -6.62. The minimum atomic E-state index is -0.170. The van der Waals surface area contributed by atoms with Gasteiger partial charge in [-0.15, -0.1) is 53.6 Å². The number of rotatable bonds is 6. The van der Waals surface area contributed by atoms with Gasteiger partial charge in [0.2, 0.25) is 0 Å². The smallest absolute Gasteiger partial charge is 0.140 e. The quantitative estimate of drug-likeness (QED) is 0.155. The topological polar surface area (TPSA) is 46.7 Å². The van der Waals surface area contributed by atoms with Crippen molar-refractivity contribution in [1.29, 1.82) is 0 Å². The van der Waals surface area contributed by atoms with Crippen LogP contribution in [0, 0.1) is 18.8 Å². The zero-order chi connectivity index (χ0) is 39.0. The van der Waals surface area contributed by atoms with E-state index in [9.17, 15) is 0 Å². The molecule has 0 fully saturated rings. The van der Waals surface area contributed by atoms with Gasteiger partial charge in [-0.25, -0.2) is 4.98 Å². The van der Waals surface area contributed by atoms with Crippen LogP contribution in [0.1, 0.15) is 26.3 Å². The molecule has 0 aliphatic carbocycles. The van der Waals surface area contributed by atoms with Gasteiger partial charge in [0, 0.05) is 78.2 Å². The monoisotopic (exact) mass is 944 g/mol. The molecular formula is C52H37N4O2Pt-3. The molecule has 59 heavy (non-hydrogen) atoms. The minimum absolute atomic E-state index is 0. The van der Waals surface area contributed by atoms with E-state index in [0.29, 0.717) is 11.5 Å². The molecule has 0 amide bonds. The average Bonchev–Trinajstić information content (AvgIpc) is 3.93. The summed E-state index contributed by atoms with van der Waals surface area (Å²) in [6.07, 6.45) is 1.90. The second-order valence-electron chi connectivity index (χ2n) is 15.8. The van der Waals surface area contributed by atoms with Crippen molar-refractivity contribution >= 4 is 66.5 Å². The van der Waals surface area contributed by atoms with Gasteiger partial charge in [0.25, 0.3) is 0 Å². The van der Waals surface area contributed by atoms with Crippen molar-refractivity contribution in [3.8, 4) is 28.4 Å². The van der Waals surface area contributed by atoms with Gasteiger partial charge < -0.3 is 23.5 Å². The van der Waals surface area contributed by atoms with E-state index < -0.39 is 0 Å². The van der Waals surface area contributed by atoms with E-state index in [-0.39, 0.29) is 26.5 Å². The first-order valence-corrected chi connectivity index (χ1v) is 19.5. The summed E-state index contributed by atoms with van der Waals surface area (Å²) in [6, 6.07) is 61.8. The largest absolute Gasteiger partial charge is 0.509 e. The van der Waals surface area contributed by atoms with Crippen molar-refractivity contribution in [1.82, 2.24) is 9.55 Å². The summed E-state index contributed by atoms with van der Waals surface area (Å²) in [5, 5.41) is 4.20. The molecule has 290 valence electrons. The fourth-order valence-electron chi connectivity index (χ4n) is 8.13. The van der Waals surface area contributed by atoms with Gasteiger partial charge in [0.1, 0.15) is 17.0 Å². The fourth-order valence-corrected chi connectivity index (χ4v) is 8.13. The summed E-state index contributed by atoms with van der Waals surface area (Å²) in [7, 11) is 0. The van der Waals surface area contributed by atoms with Crippen LogP contribution < -0.4 is 14.5 Å². The molecule has 0 radical (unpaired) electrons. The molecule has 11 rings (SSSR count). The number of furan rings is 1. The van der Waals surface area contributed by atoms with Crippen molar-refractivity contribution in [2.75, 3.05) is 9.80 Å². The Labute approximate surface area is 357 Å². The van der Waals surface area contributed by atoms with Crippen LogP contribution in [-0.2, 0) is 26.5 Å². The maximum atomic E-state index is 6.79. The molecular weight excluding hydrogens is 908 g/mol. The molecule has 4 heterocycles. The van der Waals surface area contributed by atoms with E-state index in [1.165, 1.54) is 0 Å². The average molecular weight is 945 g/mol. The molecule has 0 saturated carbocycles. The van der Waals surface area contributed by atoms with Crippen LogP contribution >= 0.6 is 0 Å². The van der Waals surface area contributed by atoms with Crippen LogP contribution in [0.2, 0.25) is 0 Å². The first kappa shape index (κ1) is 36.7. The third-order valence-corrected chi connectivity index (χ3v) is 11.1. The number of hydrogen-bond donors (Lipinski definition) is 0. The summed E-state index contributed by atoms with van der Waals surface area (Å²) in [6.45, 7) is 8.83. The van der Waals surface area contributed by atoms with Gasteiger partial charge in [0.05, 0.1) is 0 Å². The zero-order valence-electron chi connectivity index (χ0n) is 32.6. The molecule has 1 aliphatic heterocycles. The van der Waals surface area contributed by atoms with Gasteiger partial charge in [-0.2, -0.15) is 6.07 Å². The molecule has 0 unspecified atom stereocenters. The molecule has 7 heteroatoms. The van der Waals surface area contributed by atoms with Crippen LogP contribution in [0.25, 0.3) is 60.7 Å². The Bertz CT molecular complexity index is 3180. The molecule has 3 aromatic heterocycles. The third kappa shape index (κ3) is 6.36. The third-order valence-electron chi connectivity index (χ3n) is 11.1. The summed E-state index contributed by atoms with van der Waals surface area (Å²) < 4.78 is 15.2. The van der Waals surface area contributed by atoms with E-state index in [1.54, 1.807) is 0 Å². The zero-order valence-corrected chi connectivity index (χ0v) is 34.9. The van der Waals surface area contributed by atoms with Crippen LogP contribution in [0.15, 0.2) is 168 Å². The number of hydrogen-bond acceptors (Lipinski definition) is 5. The number of aromatic nitrogens is 2. The first-order chi connectivity index (χ1) is 28.4. The standard InChI is InChI=1S/C52H37N4O2.Pt/c1-52(2,3)36-27-38(55-33-54(37-16-8-5-9-17-37)46-25-22-35(26-48(46)55)34-14-6-4-7-15-34)29-40(28-36)57-39-23-24-42-41-18-10-12-20-45(41)56(47(42)30-39)51-31-50-44(32-53-51)43-19-11-13-21-49(43)58-50;/h4-28,31-33H,1-3H3;/q-3;. The summed E-state index contributed by atoms with van der Waals surface area (Å²) in [4.78, 5) is 9.43. The molecule has 0 bridgehead atoms. The predicted molar refractivity (Wildman–Crippen MR) is 236 cm³/mol. The van der Waals surface area contributed by atoms with Crippen molar-refractivity contribution in [2.45, 2.75) is 26.2 Å². The maximum absolute atomic E-state index is 6.79. The summed E-state index contributed by atoms with van der Waals surface area (Å²) in [5.41, 5.74) is 10.9. The summed E-state index contributed by atoms with van der Waals surface area (Å²) in [5.74, 6) is 1.93. The molecule has 0 N–H and O–H groups in total. The second kappa shape index (κ2) is 14.3. The number of pyridine rings is 1. The van der Waals surface area contributed by atoms with Gasteiger partial charge in [0.15, 0.2) is 0 Å². The van der Waals surface area contributed by atoms with Gasteiger partial charge in [-0.05, 0) is 58.3 Å². The van der Waals surface area contributed by atoms with Gasteiger partial charge >= 0.3 is 0 Å². The van der Waals surface area contributed by atoms with E-state index in [2.05, 4.69) is 175 Å². The molecule has 0 atom stereocenters. The number of benzene rings is 7. The fraction of sp³-hybridized carbons (Fsp3) is 0.0769. The van der Waals surface area contributed by atoms with Crippen LogP contribution in [-0.4, -0.2) is 9.55 Å². The van der Waals surface area contributed by atoms with Crippen molar-refractivity contribution < 1.29 is 30.2 Å². The van der Waals surface area contributed by atoms with Gasteiger partial charge in [-0.3, -0.25) is 0 Å². The normalized spacial score (nSPS) is 12.7. The van der Waals surface area contributed by atoms with Crippen LogP contribution in [0.4, 0.5) is 22.7 Å². The van der Waals surface area contributed by atoms with Crippen LogP contribution in [0.3, 0.4) is 0 Å². The second-order valence-corrected chi connectivity index (χ2v) is 15.8. The number of anilines is 4. The maximum Gasteiger partial charge on any atom is 0.140 e.